The molecule has 0 aromatic rings. The maximum atomic E-state index is 9.74. The molecule has 44 valence electrons. The summed E-state index contributed by atoms with van der Waals surface area (Å²) in [6.45, 7) is 0. The summed E-state index contributed by atoms with van der Waals surface area (Å²) in [5.74, 6) is 0. The zero-order chi connectivity index (χ0) is 4.99. The smallest absolute Gasteiger partial charge is 0.870 e. The molecule has 0 saturated heterocycles. The standard InChI is InChI=1S/C3H6O3.Li.H2O/c1-5-3(4)6-2;;/h1-2H3;;1H2/q;+1;/p-1. The fraction of sp³-hybridized carbons (Fsp3) is 0.667. The Kier molecular flexibility index (Phi) is 19.5. The van der Waals surface area contributed by atoms with E-state index in [0.29, 0.717) is 0 Å². The number of methoxy groups -OCH3 is 2. The van der Waals surface area contributed by atoms with Crippen molar-refractivity contribution in [2.24, 2.45) is 0 Å². The van der Waals surface area contributed by atoms with Gasteiger partial charge in [-0.3, -0.25) is 0 Å². The largest absolute Gasteiger partial charge is 1.00 e. The fourth-order valence-electron chi connectivity index (χ4n) is 0.0833. The first-order valence-electron chi connectivity index (χ1n) is 1.43. The van der Waals surface area contributed by atoms with Crippen molar-refractivity contribution in [3.8, 4) is 0 Å². The summed E-state index contributed by atoms with van der Waals surface area (Å²) in [5, 5.41) is 0. The number of carbonyl (C=O) groups is 1. The van der Waals surface area contributed by atoms with Crippen molar-refractivity contribution in [3.63, 3.8) is 0 Å². The van der Waals surface area contributed by atoms with Crippen LogP contribution in [0.3, 0.4) is 0 Å². The van der Waals surface area contributed by atoms with Crippen LogP contribution in [0.1, 0.15) is 0 Å². The Balaban J connectivity index is -0.000000125. The molecule has 0 bridgehead atoms. The van der Waals surface area contributed by atoms with Gasteiger partial charge in [0.15, 0.2) is 0 Å². The van der Waals surface area contributed by atoms with Crippen LogP contribution in [0.4, 0.5) is 4.79 Å². The van der Waals surface area contributed by atoms with E-state index in [2.05, 4.69) is 9.47 Å². The Morgan fingerprint density at radius 2 is 1.50 bits per heavy atom. The molecule has 0 heterocycles. The van der Waals surface area contributed by atoms with E-state index in [9.17, 15) is 4.79 Å². The van der Waals surface area contributed by atoms with E-state index in [-0.39, 0.29) is 24.3 Å². The Labute approximate surface area is 59.6 Å². The van der Waals surface area contributed by atoms with Crippen LogP contribution in [0, 0.1) is 0 Å². The van der Waals surface area contributed by atoms with E-state index >= 15 is 0 Å². The van der Waals surface area contributed by atoms with Crippen LogP contribution in [0.5, 0.6) is 0 Å². The Morgan fingerprint density at radius 1 is 1.25 bits per heavy atom. The molecular formula is C3H7LiO4. The van der Waals surface area contributed by atoms with Gasteiger partial charge in [0.25, 0.3) is 0 Å². The van der Waals surface area contributed by atoms with Gasteiger partial charge in [0.1, 0.15) is 0 Å². The van der Waals surface area contributed by atoms with Crippen molar-refractivity contribution in [2.45, 2.75) is 0 Å². The molecule has 4 nitrogen and oxygen atoms in total. The average molecular weight is 114 g/mol. The molecule has 0 amide bonds. The molecule has 1 N–H and O–H groups in total. The van der Waals surface area contributed by atoms with Crippen LogP contribution >= 0.6 is 0 Å². The van der Waals surface area contributed by atoms with Crippen LogP contribution in [-0.2, 0) is 9.47 Å². The molecule has 0 aromatic heterocycles. The summed E-state index contributed by atoms with van der Waals surface area (Å²) in [6.07, 6.45) is -0.657. The molecule has 0 spiro atoms. The molecule has 0 aliphatic heterocycles. The first-order valence-corrected chi connectivity index (χ1v) is 1.43. The Morgan fingerprint density at radius 3 is 1.50 bits per heavy atom. The maximum absolute atomic E-state index is 9.74. The van der Waals surface area contributed by atoms with E-state index < -0.39 is 6.16 Å². The van der Waals surface area contributed by atoms with Crippen LogP contribution in [-0.4, -0.2) is 25.9 Å². The summed E-state index contributed by atoms with van der Waals surface area (Å²) in [6, 6.07) is 0. The molecule has 0 aliphatic carbocycles. The molecule has 0 unspecified atom stereocenters. The fourth-order valence-corrected chi connectivity index (χ4v) is 0.0833. The van der Waals surface area contributed by atoms with Crippen molar-refractivity contribution in [1.29, 1.82) is 0 Å². The minimum Gasteiger partial charge on any atom is -0.870 e. The van der Waals surface area contributed by atoms with Gasteiger partial charge in [0.05, 0.1) is 14.2 Å². The monoisotopic (exact) mass is 114 g/mol. The number of hydrogen-bond donors (Lipinski definition) is 0. The molecule has 0 atom stereocenters. The summed E-state index contributed by atoms with van der Waals surface area (Å²) < 4.78 is 8.08. The molecular weight excluding hydrogens is 107 g/mol. The van der Waals surface area contributed by atoms with Gasteiger partial charge in [-0.15, -0.1) is 0 Å². The van der Waals surface area contributed by atoms with Gasteiger partial charge >= 0.3 is 25.0 Å². The third-order valence-electron chi connectivity index (χ3n) is 0.333. The predicted octanol–water partition coefficient (Wildman–Crippen LogP) is -2.77. The van der Waals surface area contributed by atoms with Gasteiger partial charge in [-0.25, -0.2) is 4.79 Å². The quantitative estimate of drug-likeness (QED) is 0.252. The Bertz CT molecular complexity index is 49.2. The summed E-state index contributed by atoms with van der Waals surface area (Å²) >= 11 is 0. The van der Waals surface area contributed by atoms with Gasteiger partial charge in [0, 0.05) is 0 Å². The molecule has 0 rings (SSSR count). The van der Waals surface area contributed by atoms with E-state index in [4.69, 9.17) is 0 Å². The first kappa shape index (κ1) is 15.7. The summed E-state index contributed by atoms with van der Waals surface area (Å²) in [5.41, 5.74) is 0. The normalized spacial score (nSPS) is 5.25. The SMILES string of the molecule is COC(=O)OC.[Li+].[OH-]. The predicted molar refractivity (Wildman–Crippen MR) is 21.3 cm³/mol. The topological polar surface area (TPSA) is 65.5 Å². The van der Waals surface area contributed by atoms with Crippen molar-refractivity contribution in [2.75, 3.05) is 14.2 Å². The van der Waals surface area contributed by atoms with Crippen LogP contribution in [0.25, 0.3) is 0 Å². The molecule has 0 aliphatic rings. The zero-order valence-electron chi connectivity index (χ0n) is 5.17. The second kappa shape index (κ2) is 9.95. The number of hydrogen-bond acceptors (Lipinski definition) is 4. The van der Waals surface area contributed by atoms with Crippen LogP contribution in [0.2, 0.25) is 0 Å². The van der Waals surface area contributed by atoms with Crippen molar-refractivity contribution in [3.05, 3.63) is 0 Å². The van der Waals surface area contributed by atoms with Crippen molar-refractivity contribution >= 4 is 6.16 Å². The third-order valence-corrected chi connectivity index (χ3v) is 0.333. The first-order chi connectivity index (χ1) is 2.81. The Hall–Kier alpha value is -0.173. The van der Waals surface area contributed by atoms with Crippen molar-refractivity contribution in [1.82, 2.24) is 0 Å². The van der Waals surface area contributed by atoms with E-state index in [1.54, 1.807) is 0 Å². The van der Waals surface area contributed by atoms with Gasteiger partial charge < -0.3 is 14.9 Å². The zero-order valence-corrected chi connectivity index (χ0v) is 5.17. The van der Waals surface area contributed by atoms with Crippen LogP contribution < -0.4 is 18.9 Å². The molecule has 0 saturated carbocycles. The van der Waals surface area contributed by atoms with Gasteiger partial charge in [0.2, 0.25) is 0 Å². The maximum Gasteiger partial charge on any atom is 1.00 e. The molecule has 5 heteroatoms. The van der Waals surface area contributed by atoms with Crippen LogP contribution in [0.15, 0.2) is 0 Å². The van der Waals surface area contributed by atoms with Gasteiger partial charge in [-0.2, -0.15) is 0 Å². The minimum atomic E-state index is -0.657. The van der Waals surface area contributed by atoms with E-state index in [0.717, 1.165) is 0 Å². The van der Waals surface area contributed by atoms with Gasteiger partial charge in [-0.1, -0.05) is 0 Å². The minimum absolute atomic E-state index is 0. The average Bonchev–Trinajstić information content (AvgIpc) is 1.65. The number of ether oxygens (including phenoxy) is 2. The molecule has 0 aromatic carbocycles. The molecule has 0 radical (unpaired) electrons. The second-order valence-electron chi connectivity index (χ2n) is 0.658. The summed E-state index contributed by atoms with van der Waals surface area (Å²) in [4.78, 5) is 9.74. The van der Waals surface area contributed by atoms with E-state index in [1.165, 1.54) is 14.2 Å². The van der Waals surface area contributed by atoms with Gasteiger partial charge in [-0.05, 0) is 0 Å². The third kappa shape index (κ3) is 9.27. The number of rotatable bonds is 0. The molecule has 8 heavy (non-hydrogen) atoms. The second-order valence-corrected chi connectivity index (χ2v) is 0.658. The molecule has 0 fully saturated rings. The number of carbonyl (C=O) groups excluding carboxylic acids is 1. The summed E-state index contributed by atoms with van der Waals surface area (Å²) in [7, 11) is 2.51. The van der Waals surface area contributed by atoms with E-state index in [1.807, 2.05) is 0 Å². The van der Waals surface area contributed by atoms with Crippen molar-refractivity contribution < 1.29 is 38.6 Å².